The summed E-state index contributed by atoms with van der Waals surface area (Å²) >= 11 is 0. The Labute approximate surface area is 117 Å². The van der Waals surface area contributed by atoms with Gasteiger partial charge >= 0.3 is 0 Å². The van der Waals surface area contributed by atoms with Crippen LogP contribution in [0.25, 0.3) is 22.6 Å². The molecule has 0 saturated heterocycles. The summed E-state index contributed by atoms with van der Waals surface area (Å²) in [6, 6.07) is 17.7. The zero-order valence-corrected chi connectivity index (χ0v) is 11.1. The van der Waals surface area contributed by atoms with Crippen molar-refractivity contribution in [2.24, 2.45) is 0 Å². The summed E-state index contributed by atoms with van der Waals surface area (Å²) in [6.07, 6.45) is 0. The highest BCUT2D eigenvalue weighted by molar-refractivity contribution is 5.70. The molecular formula is C16H14N4. The van der Waals surface area contributed by atoms with Crippen LogP contribution >= 0.6 is 0 Å². The van der Waals surface area contributed by atoms with E-state index >= 15 is 0 Å². The Hall–Kier alpha value is -2.75. The first-order valence-electron chi connectivity index (χ1n) is 6.37. The number of anilines is 1. The number of hydrogen-bond donors (Lipinski definition) is 1. The zero-order valence-electron chi connectivity index (χ0n) is 11.1. The van der Waals surface area contributed by atoms with Crippen molar-refractivity contribution in [3.8, 4) is 22.6 Å². The fourth-order valence-electron chi connectivity index (χ4n) is 1.96. The van der Waals surface area contributed by atoms with E-state index in [-0.39, 0.29) is 0 Å². The van der Waals surface area contributed by atoms with Crippen molar-refractivity contribution in [1.29, 1.82) is 0 Å². The number of aryl methyl sites for hydroxylation is 1. The highest BCUT2D eigenvalue weighted by Crippen LogP contribution is 2.23. The van der Waals surface area contributed by atoms with Gasteiger partial charge in [0.1, 0.15) is 5.69 Å². The average Bonchev–Trinajstić information content (AvgIpc) is 2.49. The first kappa shape index (κ1) is 12.3. The molecule has 4 nitrogen and oxygen atoms in total. The lowest BCUT2D eigenvalue weighted by Crippen LogP contribution is -2.02. The molecule has 2 aromatic carbocycles. The van der Waals surface area contributed by atoms with Crippen LogP contribution in [0, 0.1) is 6.92 Å². The van der Waals surface area contributed by atoms with Gasteiger partial charge in [-0.05, 0) is 6.92 Å². The molecule has 0 radical (unpaired) electrons. The molecule has 0 amide bonds. The molecule has 0 saturated carbocycles. The molecule has 0 unspecified atom stereocenters. The smallest absolute Gasteiger partial charge is 0.183 e. The molecule has 4 heteroatoms. The molecule has 20 heavy (non-hydrogen) atoms. The standard InChI is InChI=1S/C16H14N4/c1-11-7-9-13(10-8-11)16-18-15(17)14(19-20-16)12-5-3-2-4-6-12/h2-10H,1H3,(H2,17,18,20). The van der Waals surface area contributed by atoms with Gasteiger partial charge in [-0.3, -0.25) is 0 Å². The van der Waals surface area contributed by atoms with Crippen LogP contribution in [0.4, 0.5) is 5.82 Å². The summed E-state index contributed by atoms with van der Waals surface area (Å²) in [5, 5.41) is 8.38. The van der Waals surface area contributed by atoms with Gasteiger partial charge in [-0.1, -0.05) is 60.2 Å². The topological polar surface area (TPSA) is 64.7 Å². The number of nitrogens with zero attached hydrogens (tertiary/aromatic N) is 3. The van der Waals surface area contributed by atoms with Gasteiger partial charge in [0.15, 0.2) is 11.6 Å². The molecule has 3 rings (SSSR count). The van der Waals surface area contributed by atoms with Crippen molar-refractivity contribution in [2.45, 2.75) is 6.92 Å². The summed E-state index contributed by atoms with van der Waals surface area (Å²) in [6.45, 7) is 2.04. The van der Waals surface area contributed by atoms with Crippen molar-refractivity contribution >= 4 is 5.82 Å². The van der Waals surface area contributed by atoms with E-state index in [1.165, 1.54) is 5.56 Å². The Morgan fingerprint density at radius 2 is 1.50 bits per heavy atom. The predicted octanol–water partition coefficient (Wildman–Crippen LogP) is 3.10. The largest absolute Gasteiger partial charge is 0.382 e. The van der Waals surface area contributed by atoms with Gasteiger partial charge in [-0.15, -0.1) is 10.2 Å². The third-order valence-corrected chi connectivity index (χ3v) is 3.07. The molecule has 0 aliphatic carbocycles. The fraction of sp³-hybridized carbons (Fsp3) is 0.0625. The monoisotopic (exact) mass is 262 g/mol. The molecule has 1 aromatic heterocycles. The highest BCUT2D eigenvalue weighted by Gasteiger charge is 2.09. The van der Waals surface area contributed by atoms with Gasteiger partial charge in [-0.25, -0.2) is 4.98 Å². The Morgan fingerprint density at radius 3 is 2.15 bits per heavy atom. The van der Waals surface area contributed by atoms with Gasteiger partial charge in [0.05, 0.1) is 0 Å². The minimum absolute atomic E-state index is 0.391. The summed E-state index contributed by atoms with van der Waals surface area (Å²) in [5.74, 6) is 0.934. The van der Waals surface area contributed by atoms with E-state index in [9.17, 15) is 0 Å². The van der Waals surface area contributed by atoms with Crippen molar-refractivity contribution in [3.05, 3.63) is 60.2 Å². The fourth-order valence-corrected chi connectivity index (χ4v) is 1.96. The van der Waals surface area contributed by atoms with Crippen molar-refractivity contribution in [1.82, 2.24) is 15.2 Å². The molecule has 0 fully saturated rings. The number of nitrogens with two attached hydrogens (primary N) is 1. The van der Waals surface area contributed by atoms with Gasteiger partial charge in [0.25, 0.3) is 0 Å². The predicted molar refractivity (Wildman–Crippen MR) is 79.8 cm³/mol. The Morgan fingerprint density at radius 1 is 0.800 bits per heavy atom. The minimum Gasteiger partial charge on any atom is -0.382 e. The van der Waals surface area contributed by atoms with E-state index in [0.29, 0.717) is 17.3 Å². The average molecular weight is 262 g/mol. The summed E-state index contributed by atoms with van der Waals surface area (Å²) in [4.78, 5) is 4.35. The minimum atomic E-state index is 0.391. The maximum atomic E-state index is 6.01. The normalized spacial score (nSPS) is 10.4. The lowest BCUT2D eigenvalue weighted by molar-refractivity contribution is 0.994. The first-order chi connectivity index (χ1) is 9.74. The number of rotatable bonds is 2. The van der Waals surface area contributed by atoms with Crippen LogP contribution in [0.15, 0.2) is 54.6 Å². The van der Waals surface area contributed by atoms with E-state index in [2.05, 4.69) is 15.2 Å². The lowest BCUT2D eigenvalue weighted by Gasteiger charge is -2.05. The van der Waals surface area contributed by atoms with Crippen LogP contribution in [-0.4, -0.2) is 15.2 Å². The SMILES string of the molecule is Cc1ccc(-c2nnc(-c3ccccc3)c(N)n2)cc1. The van der Waals surface area contributed by atoms with Crippen LogP contribution < -0.4 is 5.73 Å². The van der Waals surface area contributed by atoms with Crippen LogP contribution in [0.5, 0.6) is 0 Å². The molecule has 1 heterocycles. The maximum absolute atomic E-state index is 6.01. The number of aromatic nitrogens is 3. The van der Waals surface area contributed by atoms with Crippen LogP contribution in [0.2, 0.25) is 0 Å². The Balaban J connectivity index is 2.01. The zero-order chi connectivity index (χ0) is 13.9. The van der Waals surface area contributed by atoms with Gasteiger partial charge in [0, 0.05) is 11.1 Å². The van der Waals surface area contributed by atoms with E-state index in [0.717, 1.165) is 11.1 Å². The lowest BCUT2D eigenvalue weighted by atomic mass is 10.1. The second-order valence-corrected chi connectivity index (χ2v) is 4.60. The van der Waals surface area contributed by atoms with E-state index < -0.39 is 0 Å². The van der Waals surface area contributed by atoms with E-state index in [4.69, 9.17) is 5.73 Å². The molecule has 0 bridgehead atoms. The molecule has 2 N–H and O–H groups in total. The van der Waals surface area contributed by atoms with Crippen LogP contribution in [0.1, 0.15) is 5.56 Å². The van der Waals surface area contributed by atoms with Gasteiger partial charge in [-0.2, -0.15) is 0 Å². The van der Waals surface area contributed by atoms with Crippen LogP contribution in [-0.2, 0) is 0 Å². The second kappa shape index (κ2) is 5.09. The third kappa shape index (κ3) is 2.36. The number of nitrogen functional groups attached to an aromatic ring is 1. The summed E-state index contributed by atoms with van der Waals surface area (Å²) < 4.78 is 0. The third-order valence-electron chi connectivity index (χ3n) is 3.07. The van der Waals surface area contributed by atoms with E-state index in [1.54, 1.807) is 0 Å². The molecule has 0 aliphatic rings. The van der Waals surface area contributed by atoms with Gasteiger partial charge < -0.3 is 5.73 Å². The van der Waals surface area contributed by atoms with E-state index in [1.807, 2.05) is 61.5 Å². The quantitative estimate of drug-likeness (QED) is 0.770. The summed E-state index contributed by atoms with van der Waals surface area (Å²) in [7, 11) is 0. The second-order valence-electron chi connectivity index (χ2n) is 4.60. The number of benzene rings is 2. The molecule has 98 valence electrons. The molecule has 0 atom stereocenters. The van der Waals surface area contributed by atoms with Crippen molar-refractivity contribution < 1.29 is 0 Å². The van der Waals surface area contributed by atoms with Crippen molar-refractivity contribution in [3.63, 3.8) is 0 Å². The molecular weight excluding hydrogens is 248 g/mol. The summed E-state index contributed by atoms with van der Waals surface area (Å²) in [5.41, 5.74) is 9.64. The molecule has 0 spiro atoms. The Bertz CT molecular complexity index is 721. The van der Waals surface area contributed by atoms with Crippen LogP contribution in [0.3, 0.4) is 0 Å². The highest BCUT2D eigenvalue weighted by atomic mass is 15.2. The van der Waals surface area contributed by atoms with Crippen molar-refractivity contribution in [2.75, 3.05) is 5.73 Å². The molecule has 0 aliphatic heterocycles. The Kier molecular flexibility index (Phi) is 3.13. The maximum Gasteiger partial charge on any atom is 0.183 e. The first-order valence-corrected chi connectivity index (χ1v) is 6.37. The van der Waals surface area contributed by atoms with Gasteiger partial charge in [0.2, 0.25) is 0 Å². The molecule has 3 aromatic rings. The number of hydrogen-bond acceptors (Lipinski definition) is 4.